The Bertz CT molecular complexity index is 988. The lowest BCUT2D eigenvalue weighted by Crippen LogP contribution is -2.21. The Hall–Kier alpha value is -3.08. The first-order valence-electron chi connectivity index (χ1n) is 7.49. The van der Waals surface area contributed by atoms with Crippen molar-refractivity contribution in [2.45, 2.75) is 13.8 Å². The molecule has 3 rings (SSSR count). The number of nitrogens with one attached hydrogen (secondary N) is 1. The van der Waals surface area contributed by atoms with Gasteiger partial charge in [0.05, 0.1) is 7.11 Å². The summed E-state index contributed by atoms with van der Waals surface area (Å²) in [5.41, 5.74) is 2.19. The number of carbonyl (C=O) groups is 1. The molecule has 24 heavy (non-hydrogen) atoms. The zero-order valence-corrected chi connectivity index (χ0v) is 13.7. The molecule has 1 N–H and O–H groups in total. The maximum atomic E-state index is 12.5. The molecule has 0 unspecified atom stereocenters. The van der Waals surface area contributed by atoms with E-state index in [1.165, 1.54) is 13.2 Å². The standard InChI is InChI=1S/C19H17NO4/c1-11-7-8-12(2)15(9-11)20-18(21)14-10-13-5-4-6-16(23-3)17(13)24-19(14)22/h4-10H,1-3H3,(H,20,21). The van der Waals surface area contributed by atoms with Crippen molar-refractivity contribution in [3.05, 3.63) is 69.6 Å². The Morgan fingerprint density at radius 3 is 2.67 bits per heavy atom. The summed E-state index contributed by atoms with van der Waals surface area (Å²) in [5.74, 6) is -0.0479. The second-order valence-corrected chi connectivity index (χ2v) is 5.60. The minimum atomic E-state index is -0.699. The third kappa shape index (κ3) is 2.88. The molecule has 0 aliphatic heterocycles. The van der Waals surface area contributed by atoms with Gasteiger partial charge in [-0.15, -0.1) is 0 Å². The number of hydrogen-bond donors (Lipinski definition) is 1. The number of amides is 1. The zero-order chi connectivity index (χ0) is 17.3. The molecular weight excluding hydrogens is 306 g/mol. The second-order valence-electron chi connectivity index (χ2n) is 5.60. The summed E-state index contributed by atoms with van der Waals surface area (Å²) in [4.78, 5) is 24.7. The second kappa shape index (κ2) is 6.20. The number of benzene rings is 2. The van der Waals surface area contributed by atoms with Crippen molar-refractivity contribution in [3.63, 3.8) is 0 Å². The Balaban J connectivity index is 2.03. The van der Waals surface area contributed by atoms with E-state index in [4.69, 9.17) is 9.15 Å². The van der Waals surface area contributed by atoms with Crippen LogP contribution in [0.5, 0.6) is 5.75 Å². The van der Waals surface area contributed by atoms with Gasteiger partial charge in [-0.1, -0.05) is 24.3 Å². The van der Waals surface area contributed by atoms with Crippen LogP contribution in [-0.2, 0) is 0 Å². The summed E-state index contributed by atoms with van der Waals surface area (Å²) in [6.45, 7) is 3.83. The molecule has 0 aliphatic rings. The molecule has 5 nitrogen and oxygen atoms in total. The van der Waals surface area contributed by atoms with Gasteiger partial charge in [0.1, 0.15) is 5.56 Å². The molecule has 0 saturated heterocycles. The average molecular weight is 323 g/mol. The number of fused-ring (bicyclic) bond motifs is 1. The van der Waals surface area contributed by atoms with E-state index >= 15 is 0 Å². The Labute approximate surface area is 138 Å². The minimum absolute atomic E-state index is 0.0448. The topological polar surface area (TPSA) is 68.5 Å². The van der Waals surface area contributed by atoms with E-state index in [9.17, 15) is 9.59 Å². The van der Waals surface area contributed by atoms with Gasteiger partial charge in [-0.2, -0.15) is 0 Å². The van der Waals surface area contributed by atoms with Crippen molar-refractivity contribution < 1.29 is 13.9 Å². The van der Waals surface area contributed by atoms with Gasteiger partial charge in [0, 0.05) is 11.1 Å². The van der Waals surface area contributed by atoms with Crippen molar-refractivity contribution in [2.24, 2.45) is 0 Å². The van der Waals surface area contributed by atoms with E-state index < -0.39 is 11.5 Å². The molecule has 0 bridgehead atoms. The molecule has 5 heteroatoms. The van der Waals surface area contributed by atoms with Crippen LogP contribution in [0.15, 0.2) is 51.7 Å². The van der Waals surface area contributed by atoms with Gasteiger partial charge in [0.25, 0.3) is 5.91 Å². The summed E-state index contributed by atoms with van der Waals surface area (Å²) < 4.78 is 10.5. The van der Waals surface area contributed by atoms with Gasteiger partial charge >= 0.3 is 5.63 Å². The predicted octanol–water partition coefficient (Wildman–Crippen LogP) is 3.67. The fourth-order valence-electron chi connectivity index (χ4n) is 2.50. The van der Waals surface area contributed by atoms with Crippen molar-refractivity contribution in [1.82, 2.24) is 0 Å². The highest BCUT2D eigenvalue weighted by atomic mass is 16.5. The number of methoxy groups -OCH3 is 1. The van der Waals surface area contributed by atoms with E-state index in [1.54, 1.807) is 18.2 Å². The van der Waals surface area contributed by atoms with Crippen LogP contribution in [0.4, 0.5) is 5.69 Å². The van der Waals surface area contributed by atoms with Gasteiger partial charge < -0.3 is 14.5 Å². The fraction of sp³-hybridized carbons (Fsp3) is 0.158. The molecule has 0 radical (unpaired) electrons. The number of anilines is 1. The van der Waals surface area contributed by atoms with E-state index in [2.05, 4.69) is 5.32 Å². The largest absolute Gasteiger partial charge is 0.493 e. The maximum absolute atomic E-state index is 12.5. The smallest absolute Gasteiger partial charge is 0.349 e. The van der Waals surface area contributed by atoms with Crippen LogP contribution < -0.4 is 15.7 Å². The Morgan fingerprint density at radius 2 is 1.92 bits per heavy atom. The first-order chi connectivity index (χ1) is 11.5. The van der Waals surface area contributed by atoms with Gasteiger partial charge in [0.2, 0.25) is 0 Å². The lowest BCUT2D eigenvalue weighted by atomic mass is 10.1. The molecule has 1 heterocycles. The number of rotatable bonds is 3. The summed E-state index contributed by atoms with van der Waals surface area (Å²) in [6.07, 6.45) is 0. The molecule has 0 spiro atoms. The van der Waals surface area contributed by atoms with Crippen molar-refractivity contribution in [3.8, 4) is 5.75 Å². The first-order valence-corrected chi connectivity index (χ1v) is 7.49. The SMILES string of the molecule is COc1cccc2cc(C(=O)Nc3cc(C)ccc3C)c(=O)oc12. The molecule has 122 valence electrons. The highest BCUT2D eigenvalue weighted by Crippen LogP contribution is 2.25. The molecule has 0 aliphatic carbocycles. The third-order valence-electron chi connectivity index (χ3n) is 3.83. The van der Waals surface area contributed by atoms with Gasteiger partial charge in [-0.05, 0) is 43.2 Å². The van der Waals surface area contributed by atoms with Crippen molar-refractivity contribution in [2.75, 3.05) is 12.4 Å². The number of hydrogen-bond acceptors (Lipinski definition) is 4. The lowest BCUT2D eigenvalue weighted by molar-refractivity contribution is 0.102. The molecule has 2 aromatic carbocycles. The molecular formula is C19H17NO4. The van der Waals surface area contributed by atoms with E-state index in [0.29, 0.717) is 22.4 Å². The summed E-state index contributed by atoms with van der Waals surface area (Å²) in [6, 6.07) is 12.5. The minimum Gasteiger partial charge on any atom is -0.493 e. The normalized spacial score (nSPS) is 10.6. The van der Waals surface area contributed by atoms with E-state index in [0.717, 1.165) is 11.1 Å². The fourth-order valence-corrected chi connectivity index (χ4v) is 2.50. The Morgan fingerprint density at radius 1 is 1.12 bits per heavy atom. The van der Waals surface area contributed by atoms with Crippen LogP contribution in [0.2, 0.25) is 0 Å². The predicted molar refractivity (Wildman–Crippen MR) is 92.9 cm³/mol. The molecule has 0 atom stereocenters. The molecule has 0 fully saturated rings. The van der Waals surface area contributed by atoms with E-state index in [-0.39, 0.29) is 5.56 Å². The highest BCUT2D eigenvalue weighted by molar-refractivity contribution is 6.06. The third-order valence-corrected chi connectivity index (χ3v) is 3.83. The molecule has 3 aromatic rings. The maximum Gasteiger partial charge on any atom is 0.349 e. The van der Waals surface area contributed by atoms with Crippen molar-refractivity contribution >= 4 is 22.6 Å². The summed E-state index contributed by atoms with van der Waals surface area (Å²) >= 11 is 0. The van der Waals surface area contributed by atoms with Crippen LogP contribution in [0.25, 0.3) is 11.0 Å². The van der Waals surface area contributed by atoms with Crippen LogP contribution in [-0.4, -0.2) is 13.0 Å². The van der Waals surface area contributed by atoms with Gasteiger partial charge in [-0.3, -0.25) is 4.79 Å². The summed E-state index contributed by atoms with van der Waals surface area (Å²) in [5, 5.41) is 3.40. The number of carbonyl (C=O) groups excluding carboxylic acids is 1. The molecule has 1 aromatic heterocycles. The average Bonchev–Trinajstić information content (AvgIpc) is 2.57. The summed E-state index contributed by atoms with van der Waals surface area (Å²) in [7, 11) is 1.50. The number of ether oxygens (including phenoxy) is 1. The molecule has 0 saturated carbocycles. The lowest BCUT2D eigenvalue weighted by Gasteiger charge is -2.09. The van der Waals surface area contributed by atoms with Gasteiger partial charge in [-0.25, -0.2) is 4.79 Å². The number of para-hydroxylation sites is 1. The highest BCUT2D eigenvalue weighted by Gasteiger charge is 2.16. The quantitative estimate of drug-likeness (QED) is 0.747. The van der Waals surface area contributed by atoms with Crippen LogP contribution in [0.3, 0.4) is 0 Å². The monoisotopic (exact) mass is 323 g/mol. The zero-order valence-electron chi connectivity index (χ0n) is 13.7. The van der Waals surface area contributed by atoms with Crippen LogP contribution >= 0.6 is 0 Å². The molecule has 1 amide bonds. The van der Waals surface area contributed by atoms with E-state index in [1.807, 2.05) is 32.0 Å². The Kier molecular flexibility index (Phi) is 4.08. The van der Waals surface area contributed by atoms with Crippen molar-refractivity contribution in [1.29, 1.82) is 0 Å². The van der Waals surface area contributed by atoms with Crippen LogP contribution in [0, 0.1) is 13.8 Å². The first kappa shape index (κ1) is 15.8. The number of aryl methyl sites for hydroxylation is 2. The van der Waals surface area contributed by atoms with Crippen LogP contribution in [0.1, 0.15) is 21.5 Å². The van der Waals surface area contributed by atoms with Gasteiger partial charge in [0.15, 0.2) is 11.3 Å².